The van der Waals surface area contributed by atoms with E-state index < -0.39 is 12.2 Å². The number of hydrogen-bond donors (Lipinski definition) is 0. The Kier molecular flexibility index (Phi) is 10.6. The van der Waals surface area contributed by atoms with Crippen LogP contribution in [-0.2, 0) is 20.3 Å². The molecule has 0 bridgehead atoms. The summed E-state index contributed by atoms with van der Waals surface area (Å²) < 4.78 is 11.1. The van der Waals surface area contributed by atoms with E-state index in [1.165, 1.54) is 11.1 Å². The molecule has 0 aliphatic carbocycles. The van der Waals surface area contributed by atoms with Gasteiger partial charge < -0.3 is 9.47 Å². The van der Waals surface area contributed by atoms with Crippen molar-refractivity contribution < 1.29 is 19.1 Å². The molecule has 0 N–H and O–H groups in total. The van der Waals surface area contributed by atoms with Gasteiger partial charge in [-0.3, -0.25) is 0 Å². The molecule has 0 unspecified atom stereocenters. The smallest absolute Gasteiger partial charge is 0.418 e. The van der Waals surface area contributed by atoms with E-state index in [0.717, 1.165) is 16.7 Å². The van der Waals surface area contributed by atoms with Gasteiger partial charge in [0.05, 0.1) is 36.0 Å². The molecular weight excluding hydrogens is 608 g/mol. The van der Waals surface area contributed by atoms with Gasteiger partial charge in [-0.05, 0) is 85.0 Å². The van der Waals surface area contributed by atoms with Gasteiger partial charge in [-0.2, -0.15) is 0 Å². The van der Waals surface area contributed by atoms with Crippen molar-refractivity contribution in [1.29, 1.82) is 0 Å². The highest BCUT2D eigenvalue weighted by molar-refractivity contribution is 6.00. The first kappa shape index (κ1) is 35.0. The van der Waals surface area contributed by atoms with E-state index in [-0.39, 0.29) is 24.0 Å². The summed E-state index contributed by atoms with van der Waals surface area (Å²) in [4.78, 5) is 30.3. The van der Waals surface area contributed by atoms with Crippen molar-refractivity contribution in [3.63, 3.8) is 0 Å². The second kappa shape index (κ2) is 14.8. The Hall–Kier alpha value is -5.36. The zero-order valence-electron chi connectivity index (χ0n) is 29.6. The molecule has 0 aromatic heterocycles. The first-order valence-corrected chi connectivity index (χ1v) is 16.9. The van der Waals surface area contributed by atoms with Crippen LogP contribution in [0, 0.1) is 6.92 Å². The summed E-state index contributed by atoms with van der Waals surface area (Å²) in [5.74, 6) is 0. The van der Waals surface area contributed by atoms with E-state index >= 15 is 0 Å². The predicted octanol–water partition coefficient (Wildman–Crippen LogP) is 11.2. The third kappa shape index (κ3) is 7.39. The number of nitrogens with zero attached hydrogens (tertiary/aromatic N) is 2. The van der Waals surface area contributed by atoms with Crippen LogP contribution in [0.1, 0.15) is 69.4 Å². The minimum atomic E-state index is -0.512. The van der Waals surface area contributed by atoms with Gasteiger partial charge in [0.2, 0.25) is 0 Å². The van der Waals surface area contributed by atoms with Crippen LogP contribution in [-0.4, -0.2) is 25.4 Å². The van der Waals surface area contributed by atoms with E-state index in [1.54, 1.807) is 23.6 Å². The van der Waals surface area contributed by atoms with Crippen molar-refractivity contribution in [3.05, 3.63) is 155 Å². The van der Waals surface area contributed by atoms with Crippen LogP contribution in [0.5, 0.6) is 0 Å². The van der Waals surface area contributed by atoms with Crippen molar-refractivity contribution >= 4 is 34.9 Å². The molecule has 6 nitrogen and oxygen atoms in total. The molecular formula is C43H46N2O4. The third-order valence-electron chi connectivity index (χ3n) is 9.28. The van der Waals surface area contributed by atoms with Crippen LogP contribution in [0.25, 0.3) is 0 Å². The van der Waals surface area contributed by atoms with Gasteiger partial charge in [-0.1, -0.05) is 119 Å². The summed E-state index contributed by atoms with van der Waals surface area (Å²) in [5, 5.41) is 0. The first-order valence-electron chi connectivity index (χ1n) is 16.9. The lowest BCUT2D eigenvalue weighted by atomic mass is 9.78. The number of benzene rings is 5. The quantitative estimate of drug-likeness (QED) is 0.150. The molecule has 49 heavy (non-hydrogen) atoms. The first-order chi connectivity index (χ1) is 23.5. The number of aryl methyl sites for hydroxylation is 1. The molecule has 0 spiro atoms. The Morgan fingerprint density at radius 3 is 1.31 bits per heavy atom. The lowest BCUT2D eigenvalue weighted by Gasteiger charge is -2.29. The van der Waals surface area contributed by atoms with E-state index in [1.807, 2.05) is 97.9 Å². The van der Waals surface area contributed by atoms with Crippen molar-refractivity contribution in [2.75, 3.05) is 23.0 Å². The van der Waals surface area contributed by atoms with Gasteiger partial charge in [0, 0.05) is 10.8 Å². The molecule has 5 aromatic carbocycles. The summed E-state index contributed by atoms with van der Waals surface area (Å²) in [6, 6.07) is 42.3. The summed E-state index contributed by atoms with van der Waals surface area (Å²) >= 11 is 0. The zero-order valence-corrected chi connectivity index (χ0v) is 29.6. The molecule has 6 heteroatoms. The Balaban J connectivity index is 1.55. The molecule has 0 saturated heterocycles. The molecule has 0 saturated carbocycles. The fraction of sp³-hybridized carbons (Fsp3) is 0.256. The highest BCUT2D eigenvalue weighted by Gasteiger charge is 2.28. The molecule has 0 aliphatic rings. The number of anilines is 4. The lowest BCUT2D eigenvalue weighted by molar-refractivity contribution is 0.162. The molecule has 0 fully saturated rings. The second-order valence-electron chi connectivity index (χ2n) is 13.1. The normalized spacial score (nSPS) is 11.5. The van der Waals surface area contributed by atoms with Gasteiger partial charge in [-0.25, -0.2) is 19.4 Å². The molecule has 5 aromatic rings. The van der Waals surface area contributed by atoms with E-state index in [9.17, 15) is 9.59 Å². The molecule has 252 valence electrons. The van der Waals surface area contributed by atoms with Crippen LogP contribution in [0.15, 0.2) is 127 Å². The maximum Gasteiger partial charge on any atom is 0.418 e. The average Bonchev–Trinajstić information content (AvgIpc) is 3.11. The maximum absolute atomic E-state index is 13.6. The Bertz CT molecular complexity index is 1870. The van der Waals surface area contributed by atoms with Gasteiger partial charge >= 0.3 is 12.2 Å². The van der Waals surface area contributed by atoms with Crippen LogP contribution in [0.4, 0.5) is 32.3 Å². The van der Waals surface area contributed by atoms with Gasteiger partial charge in [0.1, 0.15) is 0 Å². The fourth-order valence-corrected chi connectivity index (χ4v) is 6.15. The molecule has 0 radical (unpaired) electrons. The lowest BCUT2D eigenvalue weighted by Crippen LogP contribution is -2.29. The number of amides is 2. The predicted molar refractivity (Wildman–Crippen MR) is 200 cm³/mol. The van der Waals surface area contributed by atoms with Crippen LogP contribution in [0.2, 0.25) is 0 Å². The molecule has 0 aliphatic heterocycles. The molecule has 5 rings (SSSR count). The number of hydrogen-bond acceptors (Lipinski definition) is 4. The SMILES string of the molecule is CCOC(=O)N(c1ccc(C(C)(C)c2ccccc2)cc1)c1ccc(C)c(N(C(=O)OCC)c2ccc(C(C)(C)c3ccccc3)cc2)c1. The van der Waals surface area contributed by atoms with Gasteiger partial charge in [-0.15, -0.1) is 0 Å². The number of carbonyl (C=O) groups is 2. The highest BCUT2D eigenvalue weighted by atomic mass is 16.6. The van der Waals surface area contributed by atoms with Crippen molar-refractivity contribution in [2.45, 2.75) is 59.3 Å². The van der Waals surface area contributed by atoms with E-state index in [2.05, 4.69) is 64.1 Å². The fourth-order valence-electron chi connectivity index (χ4n) is 6.15. The average molecular weight is 655 g/mol. The number of carbonyl (C=O) groups excluding carboxylic acids is 2. The number of ether oxygens (including phenoxy) is 2. The van der Waals surface area contributed by atoms with Crippen LogP contribution in [0.3, 0.4) is 0 Å². The maximum atomic E-state index is 13.6. The monoisotopic (exact) mass is 654 g/mol. The molecule has 0 heterocycles. The Labute approximate surface area is 290 Å². The van der Waals surface area contributed by atoms with Gasteiger partial charge in [0.15, 0.2) is 0 Å². The molecule has 0 atom stereocenters. The van der Waals surface area contributed by atoms with E-state index in [0.29, 0.717) is 22.7 Å². The standard InChI is InChI=1S/C43H46N2O4/c1-8-48-40(46)44(36-26-21-34(22-27-36)42(4,5)32-16-12-10-13-17-32)38-25-20-31(3)39(30-38)45(41(47)49-9-2)37-28-23-35(24-29-37)43(6,7)33-18-14-11-15-19-33/h10-30H,8-9H2,1-7H3. The minimum absolute atomic E-state index is 0.216. The topological polar surface area (TPSA) is 59.1 Å². The van der Waals surface area contributed by atoms with Crippen LogP contribution >= 0.6 is 0 Å². The zero-order chi connectivity index (χ0) is 35.2. The molecule has 2 amide bonds. The third-order valence-corrected chi connectivity index (χ3v) is 9.28. The van der Waals surface area contributed by atoms with Crippen molar-refractivity contribution in [3.8, 4) is 0 Å². The Morgan fingerprint density at radius 1 is 0.510 bits per heavy atom. The van der Waals surface area contributed by atoms with Crippen molar-refractivity contribution in [2.24, 2.45) is 0 Å². The van der Waals surface area contributed by atoms with Crippen LogP contribution < -0.4 is 9.80 Å². The number of rotatable bonds is 10. The minimum Gasteiger partial charge on any atom is -0.449 e. The summed E-state index contributed by atoms with van der Waals surface area (Å²) in [7, 11) is 0. The summed E-state index contributed by atoms with van der Waals surface area (Å²) in [6.45, 7) is 14.7. The van der Waals surface area contributed by atoms with Crippen molar-refractivity contribution in [1.82, 2.24) is 0 Å². The highest BCUT2D eigenvalue weighted by Crippen LogP contribution is 2.39. The second-order valence-corrected chi connectivity index (χ2v) is 13.1. The Morgan fingerprint density at radius 2 is 0.878 bits per heavy atom. The van der Waals surface area contributed by atoms with E-state index in [4.69, 9.17) is 9.47 Å². The largest absolute Gasteiger partial charge is 0.449 e. The van der Waals surface area contributed by atoms with Gasteiger partial charge in [0.25, 0.3) is 0 Å². The summed E-state index contributed by atoms with van der Waals surface area (Å²) in [5.41, 5.74) is 7.45. The summed E-state index contributed by atoms with van der Waals surface area (Å²) in [6.07, 6.45) is -1.02.